The third-order valence-electron chi connectivity index (χ3n) is 3.66. The summed E-state index contributed by atoms with van der Waals surface area (Å²) >= 11 is 0. The van der Waals surface area contributed by atoms with Crippen molar-refractivity contribution in [2.75, 3.05) is 13.1 Å². The number of hydrogen-bond acceptors (Lipinski definition) is 3. The SMILES string of the molecule is c1ccc(Cc2cn(CC3CCCNC3)nn2)cc1. The standard InChI is InChI=1S/C15H20N4/c1-2-5-13(6-3-1)9-15-12-19(18-17-15)11-14-7-4-8-16-10-14/h1-3,5-6,12,14,16H,4,7-11H2. The van der Waals surface area contributed by atoms with Gasteiger partial charge in [-0.05, 0) is 37.4 Å². The Labute approximate surface area is 113 Å². The highest BCUT2D eigenvalue weighted by Crippen LogP contribution is 2.12. The van der Waals surface area contributed by atoms with Gasteiger partial charge in [-0.1, -0.05) is 35.5 Å². The minimum atomic E-state index is 0.694. The van der Waals surface area contributed by atoms with Crippen LogP contribution in [0.25, 0.3) is 0 Å². The summed E-state index contributed by atoms with van der Waals surface area (Å²) in [5, 5.41) is 12.0. The lowest BCUT2D eigenvalue weighted by molar-refractivity contribution is 0.322. The molecular weight excluding hydrogens is 236 g/mol. The molecule has 2 heterocycles. The second kappa shape index (κ2) is 5.97. The van der Waals surface area contributed by atoms with E-state index in [1.165, 1.54) is 18.4 Å². The van der Waals surface area contributed by atoms with Gasteiger partial charge in [-0.15, -0.1) is 5.10 Å². The lowest BCUT2D eigenvalue weighted by Gasteiger charge is -2.22. The Kier molecular flexibility index (Phi) is 3.89. The lowest BCUT2D eigenvalue weighted by Crippen LogP contribution is -2.32. The van der Waals surface area contributed by atoms with Crippen molar-refractivity contribution in [3.05, 3.63) is 47.8 Å². The summed E-state index contributed by atoms with van der Waals surface area (Å²) < 4.78 is 2.00. The van der Waals surface area contributed by atoms with Gasteiger partial charge < -0.3 is 5.32 Å². The van der Waals surface area contributed by atoms with Gasteiger partial charge in [0.2, 0.25) is 0 Å². The van der Waals surface area contributed by atoms with Crippen molar-refractivity contribution in [2.24, 2.45) is 5.92 Å². The highest BCUT2D eigenvalue weighted by Gasteiger charge is 2.14. The molecule has 19 heavy (non-hydrogen) atoms. The maximum atomic E-state index is 4.27. The topological polar surface area (TPSA) is 42.7 Å². The van der Waals surface area contributed by atoms with Gasteiger partial charge in [0.15, 0.2) is 0 Å². The molecule has 4 heteroatoms. The molecule has 1 unspecified atom stereocenters. The molecule has 1 atom stereocenters. The van der Waals surface area contributed by atoms with E-state index in [1.807, 2.05) is 10.7 Å². The summed E-state index contributed by atoms with van der Waals surface area (Å²) in [6, 6.07) is 10.4. The smallest absolute Gasteiger partial charge is 0.0870 e. The molecule has 0 bridgehead atoms. The fourth-order valence-corrected chi connectivity index (χ4v) is 2.66. The third kappa shape index (κ3) is 3.41. The van der Waals surface area contributed by atoms with E-state index in [-0.39, 0.29) is 0 Å². The average Bonchev–Trinajstić information content (AvgIpc) is 2.88. The Bertz CT molecular complexity index is 500. The van der Waals surface area contributed by atoms with E-state index in [9.17, 15) is 0 Å². The van der Waals surface area contributed by atoms with Crippen LogP contribution in [0.2, 0.25) is 0 Å². The number of rotatable bonds is 4. The minimum absolute atomic E-state index is 0.694. The molecule has 1 saturated heterocycles. The third-order valence-corrected chi connectivity index (χ3v) is 3.66. The molecule has 1 fully saturated rings. The van der Waals surface area contributed by atoms with Gasteiger partial charge in [0.1, 0.15) is 0 Å². The summed E-state index contributed by atoms with van der Waals surface area (Å²) in [7, 11) is 0. The van der Waals surface area contributed by atoms with Crippen molar-refractivity contribution in [1.82, 2.24) is 20.3 Å². The maximum absolute atomic E-state index is 4.27. The second-order valence-electron chi connectivity index (χ2n) is 5.31. The summed E-state index contributed by atoms with van der Waals surface area (Å²) in [6.07, 6.45) is 5.52. The first-order valence-electron chi connectivity index (χ1n) is 7.04. The molecule has 1 aliphatic heterocycles. The van der Waals surface area contributed by atoms with E-state index in [0.29, 0.717) is 5.92 Å². The fraction of sp³-hybridized carbons (Fsp3) is 0.467. The van der Waals surface area contributed by atoms with Gasteiger partial charge >= 0.3 is 0 Å². The summed E-state index contributed by atoms with van der Waals surface area (Å²) in [5.74, 6) is 0.694. The van der Waals surface area contributed by atoms with Crippen molar-refractivity contribution in [2.45, 2.75) is 25.8 Å². The van der Waals surface area contributed by atoms with Gasteiger partial charge in [-0.2, -0.15) is 0 Å². The van der Waals surface area contributed by atoms with E-state index in [1.54, 1.807) is 0 Å². The normalized spacial score (nSPS) is 19.5. The van der Waals surface area contributed by atoms with Gasteiger partial charge in [0.25, 0.3) is 0 Å². The van der Waals surface area contributed by atoms with Crippen molar-refractivity contribution < 1.29 is 0 Å². The van der Waals surface area contributed by atoms with Crippen molar-refractivity contribution in [3.8, 4) is 0 Å². The second-order valence-corrected chi connectivity index (χ2v) is 5.31. The number of aromatic nitrogens is 3. The molecule has 1 aromatic carbocycles. The Hall–Kier alpha value is -1.68. The zero-order valence-corrected chi connectivity index (χ0v) is 11.1. The van der Waals surface area contributed by atoms with Crippen LogP contribution in [-0.2, 0) is 13.0 Å². The molecule has 0 amide bonds. The Balaban J connectivity index is 1.59. The summed E-state index contributed by atoms with van der Waals surface area (Å²) in [4.78, 5) is 0. The average molecular weight is 256 g/mol. The number of benzene rings is 1. The predicted octanol–water partition coefficient (Wildman–Crippen LogP) is 1.87. The number of piperidine rings is 1. The number of hydrogen-bond donors (Lipinski definition) is 1. The zero-order valence-electron chi connectivity index (χ0n) is 11.1. The monoisotopic (exact) mass is 256 g/mol. The van der Waals surface area contributed by atoms with Gasteiger partial charge in [-0.25, -0.2) is 0 Å². The van der Waals surface area contributed by atoms with E-state index >= 15 is 0 Å². The quantitative estimate of drug-likeness (QED) is 0.908. The molecule has 100 valence electrons. The Morgan fingerprint density at radius 2 is 2.16 bits per heavy atom. The van der Waals surface area contributed by atoms with Crippen molar-refractivity contribution >= 4 is 0 Å². The van der Waals surface area contributed by atoms with E-state index in [4.69, 9.17) is 0 Å². The molecule has 0 spiro atoms. The zero-order chi connectivity index (χ0) is 12.9. The largest absolute Gasteiger partial charge is 0.316 e. The first kappa shape index (κ1) is 12.4. The maximum Gasteiger partial charge on any atom is 0.0870 e. The molecule has 2 aromatic rings. The number of nitrogens with zero attached hydrogens (tertiary/aromatic N) is 3. The van der Waals surface area contributed by atoms with E-state index in [0.717, 1.165) is 31.7 Å². The summed E-state index contributed by atoms with van der Waals surface area (Å²) in [6.45, 7) is 3.25. The Morgan fingerprint density at radius 1 is 1.26 bits per heavy atom. The van der Waals surface area contributed by atoms with Crippen LogP contribution in [0.5, 0.6) is 0 Å². The molecule has 4 nitrogen and oxygen atoms in total. The molecule has 1 aromatic heterocycles. The molecule has 0 radical (unpaired) electrons. The summed E-state index contributed by atoms with van der Waals surface area (Å²) in [5.41, 5.74) is 2.34. The van der Waals surface area contributed by atoms with Crippen molar-refractivity contribution in [1.29, 1.82) is 0 Å². The fourth-order valence-electron chi connectivity index (χ4n) is 2.66. The molecule has 1 N–H and O–H groups in total. The van der Waals surface area contributed by atoms with Gasteiger partial charge in [0, 0.05) is 19.2 Å². The Morgan fingerprint density at radius 3 is 2.95 bits per heavy atom. The molecule has 1 aliphatic rings. The van der Waals surface area contributed by atoms with Crippen LogP contribution in [0.15, 0.2) is 36.5 Å². The molecule has 0 aliphatic carbocycles. The highest BCUT2D eigenvalue weighted by molar-refractivity contribution is 5.19. The van der Waals surface area contributed by atoms with Crippen LogP contribution in [0.1, 0.15) is 24.1 Å². The van der Waals surface area contributed by atoms with E-state index in [2.05, 4.69) is 46.1 Å². The first-order chi connectivity index (χ1) is 9.40. The van der Waals surface area contributed by atoms with Crippen LogP contribution in [0.4, 0.5) is 0 Å². The molecule has 3 rings (SSSR count). The first-order valence-corrected chi connectivity index (χ1v) is 7.04. The van der Waals surface area contributed by atoms with E-state index < -0.39 is 0 Å². The van der Waals surface area contributed by atoms with Gasteiger partial charge in [0.05, 0.1) is 5.69 Å². The van der Waals surface area contributed by atoms with Gasteiger partial charge in [-0.3, -0.25) is 4.68 Å². The minimum Gasteiger partial charge on any atom is -0.316 e. The van der Waals surface area contributed by atoms with Crippen LogP contribution in [-0.4, -0.2) is 28.1 Å². The lowest BCUT2D eigenvalue weighted by atomic mass is 10.00. The van der Waals surface area contributed by atoms with Crippen LogP contribution >= 0.6 is 0 Å². The molecular formula is C15H20N4. The predicted molar refractivity (Wildman–Crippen MR) is 74.9 cm³/mol. The molecule has 0 saturated carbocycles. The number of nitrogens with one attached hydrogen (secondary N) is 1. The van der Waals surface area contributed by atoms with Crippen molar-refractivity contribution in [3.63, 3.8) is 0 Å². The van der Waals surface area contributed by atoms with Crippen LogP contribution < -0.4 is 5.32 Å². The van der Waals surface area contributed by atoms with Crippen LogP contribution in [0, 0.1) is 5.92 Å². The highest BCUT2D eigenvalue weighted by atomic mass is 15.4. The van der Waals surface area contributed by atoms with Crippen LogP contribution in [0.3, 0.4) is 0 Å².